The van der Waals surface area contributed by atoms with E-state index in [-0.39, 0.29) is 0 Å². The molecule has 0 unspecified atom stereocenters. The van der Waals surface area contributed by atoms with Crippen LogP contribution in [0.15, 0.2) is 12.3 Å². The molecule has 3 heteroatoms. The molecule has 90 valence electrons. The van der Waals surface area contributed by atoms with Crippen molar-refractivity contribution in [2.75, 3.05) is 6.54 Å². The van der Waals surface area contributed by atoms with E-state index in [0.29, 0.717) is 0 Å². The fourth-order valence-electron chi connectivity index (χ4n) is 2.53. The molecule has 0 aliphatic heterocycles. The first-order valence-electron chi connectivity index (χ1n) is 6.54. The molecule has 0 atom stereocenters. The Labute approximate surface area is 98.2 Å². The summed E-state index contributed by atoms with van der Waals surface area (Å²) < 4.78 is 1.86. The average Bonchev–Trinajstić information content (AvgIpc) is 2.54. The van der Waals surface area contributed by atoms with Crippen molar-refractivity contribution in [3.05, 3.63) is 18.0 Å². The zero-order valence-electron chi connectivity index (χ0n) is 10.3. The summed E-state index contributed by atoms with van der Waals surface area (Å²) in [4.78, 5) is 0. The highest BCUT2D eigenvalue weighted by molar-refractivity contribution is 4.97. The van der Waals surface area contributed by atoms with Gasteiger partial charge < -0.3 is 5.32 Å². The van der Waals surface area contributed by atoms with E-state index in [4.69, 9.17) is 0 Å². The molecule has 0 aromatic carbocycles. The third-order valence-corrected chi connectivity index (χ3v) is 3.48. The van der Waals surface area contributed by atoms with E-state index < -0.39 is 0 Å². The quantitative estimate of drug-likeness (QED) is 0.792. The highest BCUT2D eigenvalue weighted by Crippen LogP contribution is 2.22. The minimum Gasteiger partial charge on any atom is -0.311 e. The Hall–Kier alpha value is -0.830. The molecule has 1 N–H and O–H groups in total. The van der Waals surface area contributed by atoms with Gasteiger partial charge in [0, 0.05) is 19.8 Å². The molecule has 0 amide bonds. The Bertz CT molecular complexity index is 298. The normalized spacial score (nSPS) is 18.6. The second-order valence-corrected chi connectivity index (χ2v) is 4.97. The second kappa shape index (κ2) is 6.04. The third kappa shape index (κ3) is 3.63. The van der Waals surface area contributed by atoms with E-state index >= 15 is 0 Å². The van der Waals surface area contributed by atoms with Crippen molar-refractivity contribution < 1.29 is 0 Å². The first-order valence-corrected chi connectivity index (χ1v) is 6.54. The monoisotopic (exact) mass is 221 g/mol. The van der Waals surface area contributed by atoms with E-state index in [1.807, 2.05) is 17.9 Å². The first-order chi connectivity index (χ1) is 7.84. The Balaban J connectivity index is 1.67. The van der Waals surface area contributed by atoms with Crippen molar-refractivity contribution in [3.8, 4) is 0 Å². The van der Waals surface area contributed by atoms with Crippen LogP contribution in [0.4, 0.5) is 0 Å². The summed E-state index contributed by atoms with van der Waals surface area (Å²) in [5, 5.41) is 7.90. The maximum Gasteiger partial charge on any atom is 0.0762 e. The van der Waals surface area contributed by atoms with Crippen molar-refractivity contribution in [2.24, 2.45) is 13.0 Å². The lowest BCUT2D eigenvalue weighted by Crippen LogP contribution is -2.22. The van der Waals surface area contributed by atoms with Gasteiger partial charge >= 0.3 is 0 Å². The molecule has 2 rings (SSSR count). The molecule has 1 aliphatic rings. The van der Waals surface area contributed by atoms with Gasteiger partial charge in [-0.25, -0.2) is 0 Å². The van der Waals surface area contributed by atoms with Crippen molar-refractivity contribution in [1.29, 1.82) is 0 Å². The summed E-state index contributed by atoms with van der Waals surface area (Å²) in [5.74, 6) is 0.895. The summed E-state index contributed by atoms with van der Waals surface area (Å²) in [6.07, 6.45) is 10.6. The van der Waals surface area contributed by atoms with Gasteiger partial charge in [0.15, 0.2) is 0 Å². The van der Waals surface area contributed by atoms with E-state index in [9.17, 15) is 0 Å². The van der Waals surface area contributed by atoms with Crippen LogP contribution >= 0.6 is 0 Å². The molecular weight excluding hydrogens is 198 g/mol. The minimum atomic E-state index is 0.895. The molecule has 1 saturated carbocycles. The highest BCUT2D eigenvalue weighted by atomic mass is 15.3. The van der Waals surface area contributed by atoms with E-state index in [1.165, 1.54) is 38.5 Å². The standard InChI is InChI=1S/C13H23N3/c1-16-9-8-13(15-16)11-14-10-12-6-4-2-3-5-7-12/h8-9,12,14H,2-7,10-11H2,1H3. The zero-order valence-corrected chi connectivity index (χ0v) is 10.3. The first kappa shape index (κ1) is 11.6. The number of aryl methyl sites for hydroxylation is 1. The van der Waals surface area contributed by atoms with Crippen LogP contribution in [0.25, 0.3) is 0 Å². The van der Waals surface area contributed by atoms with Crippen LogP contribution in [-0.4, -0.2) is 16.3 Å². The van der Waals surface area contributed by atoms with Crippen LogP contribution in [0.5, 0.6) is 0 Å². The van der Waals surface area contributed by atoms with Gasteiger partial charge in [-0.05, 0) is 31.4 Å². The lowest BCUT2D eigenvalue weighted by Gasteiger charge is -2.13. The van der Waals surface area contributed by atoms with Gasteiger partial charge in [0.25, 0.3) is 0 Å². The molecular formula is C13H23N3. The predicted octanol–water partition coefficient (Wildman–Crippen LogP) is 2.48. The van der Waals surface area contributed by atoms with Crippen LogP contribution < -0.4 is 5.32 Å². The smallest absolute Gasteiger partial charge is 0.0762 e. The molecule has 3 nitrogen and oxygen atoms in total. The number of aromatic nitrogens is 2. The summed E-state index contributed by atoms with van der Waals surface area (Å²) >= 11 is 0. The van der Waals surface area contributed by atoms with E-state index in [0.717, 1.165) is 24.7 Å². The lowest BCUT2D eigenvalue weighted by atomic mass is 10.0. The fourth-order valence-corrected chi connectivity index (χ4v) is 2.53. The molecule has 16 heavy (non-hydrogen) atoms. The number of rotatable bonds is 4. The fraction of sp³-hybridized carbons (Fsp3) is 0.769. The van der Waals surface area contributed by atoms with Crippen LogP contribution in [0.3, 0.4) is 0 Å². The summed E-state index contributed by atoms with van der Waals surface area (Å²) in [7, 11) is 1.97. The van der Waals surface area contributed by atoms with Crippen LogP contribution in [0, 0.1) is 5.92 Å². The van der Waals surface area contributed by atoms with Crippen molar-refractivity contribution >= 4 is 0 Å². The Kier molecular flexibility index (Phi) is 4.40. The van der Waals surface area contributed by atoms with Gasteiger partial charge in [-0.2, -0.15) is 5.10 Å². The Morgan fingerprint density at radius 2 is 2.06 bits per heavy atom. The van der Waals surface area contributed by atoms with Gasteiger partial charge in [0.05, 0.1) is 5.69 Å². The Morgan fingerprint density at radius 1 is 1.31 bits per heavy atom. The lowest BCUT2D eigenvalue weighted by molar-refractivity contribution is 0.423. The Morgan fingerprint density at radius 3 is 2.69 bits per heavy atom. The molecule has 1 aromatic rings. The molecule has 1 aliphatic carbocycles. The molecule has 1 heterocycles. The minimum absolute atomic E-state index is 0.895. The maximum atomic E-state index is 4.37. The predicted molar refractivity (Wildman–Crippen MR) is 66.1 cm³/mol. The number of nitrogens with zero attached hydrogens (tertiary/aromatic N) is 2. The molecule has 1 aromatic heterocycles. The molecule has 0 spiro atoms. The highest BCUT2D eigenvalue weighted by Gasteiger charge is 2.11. The van der Waals surface area contributed by atoms with Gasteiger partial charge in [-0.15, -0.1) is 0 Å². The van der Waals surface area contributed by atoms with Crippen molar-refractivity contribution in [1.82, 2.24) is 15.1 Å². The molecule has 0 radical (unpaired) electrons. The maximum absolute atomic E-state index is 4.37. The largest absolute Gasteiger partial charge is 0.311 e. The van der Waals surface area contributed by atoms with Gasteiger partial charge in [0.2, 0.25) is 0 Å². The van der Waals surface area contributed by atoms with Crippen molar-refractivity contribution in [2.45, 2.75) is 45.1 Å². The van der Waals surface area contributed by atoms with Crippen LogP contribution in [0.1, 0.15) is 44.2 Å². The summed E-state index contributed by atoms with van der Waals surface area (Å²) in [5.41, 5.74) is 1.15. The number of hydrogen-bond acceptors (Lipinski definition) is 2. The zero-order chi connectivity index (χ0) is 11.2. The van der Waals surface area contributed by atoms with Gasteiger partial charge in [0.1, 0.15) is 0 Å². The van der Waals surface area contributed by atoms with Gasteiger partial charge in [-0.1, -0.05) is 25.7 Å². The average molecular weight is 221 g/mol. The molecule has 1 fully saturated rings. The topological polar surface area (TPSA) is 29.9 Å². The number of nitrogens with one attached hydrogen (secondary N) is 1. The SMILES string of the molecule is Cn1ccc(CNCC2CCCCCC2)n1. The molecule has 0 saturated heterocycles. The van der Waals surface area contributed by atoms with Gasteiger partial charge in [-0.3, -0.25) is 4.68 Å². The number of hydrogen-bond donors (Lipinski definition) is 1. The second-order valence-electron chi connectivity index (χ2n) is 4.97. The summed E-state index contributed by atoms with van der Waals surface area (Å²) in [6.45, 7) is 2.08. The molecule has 0 bridgehead atoms. The van der Waals surface area contributed by atoms with Crippen LogP contribution in [0.2, 0.25) is 0 Å². The van der Waals surface area contributed by atoms with Crippen LogP contribution in [-0.2, 0) is 13.6 Å². The third-order valence-electron chi connectivity index (χ3n) is 3.48. The summed E-state index contributed by atoms with van der Waals surface area (Å²) in [6, 6.07) is 2.08. The van der Waals surface area contributed by atoms with E-state index in [2.05, 4.69) is 16.5 Å². The van der Waals surface area contributed by atoms with E-state index in [1.54, 1.807) is 0 Å². The van der Waals surface area contributed by atoms with Crippen molar-refractivity contribution in [3.63, 3.8) is 0 Å².